The predicted molar refractivity (Wildman–Crippen MR) is 77.6 cm³/mol. The summed E-state index contributed by atoms with van der Waals surface area (Å²) in [6.45, 7) is 1.91. The lowest BCUT2D eigenvalue weighted by Crippen LogP contribution is -2.12. The fourth-order valence-corrected chi connectivity index (χ4v) is 2.16. The minimum absolute atomic E-state index is 0.172. The summed E-state index contributed by atoms with van der Waals surface area (Å²) in [6.07, 6.45) is 1.57. The molecule has 3 rings (SSSR count). The molecule has 1 aromatic carbocycles. The van der Waals surface area contributed by atoms with Crippen molar-refractivity contribution < 1.29 is 4.79 Å². The van der Waals surface area contributed by atoms with Gasteiger partial charge in [0, 0.05) is 24.3 Å². The number of nitrogens with one attached hydrogen (secondary N) is 1. The lowest BCUT2D eigenvalue weighted by atomic mass is 10.2. The number of aryl methyl sites for hydroxylation is 2. The Hall–Kier alpha value is -2.69. The molecule has 0 aliphatic rings. The highest BCUT2D eigenvalue weighted by Gasteiger charge is 2.11. The van der Waals surface area contributed by atoms with Gasteiger partial charge in [-0.1, -0.05) is 18.2 Å². The molecular weight excluding hydrogens is 252 g/mol. The van der Waals surface area contributed by atoms with Gasteiger partial charge < -0.3 is 5.32 Å². The van der Waals surface area contributed by atoms with Crippen LogP contribution in [0.5, 0.6) is 0 Å². The highest BCUT2D eigenvalue weighted by Crippen LogP contribution is 2.17. The molecule has 1 amide bonds. The fraction of sp³-hybridized carbons (Fsp3) is 0.133. The molecule has 0 saturated heterocycles. The standard InChI is InChI=1S/C15H14N4O/c1-10-13-8-11(9-16-14(13)19(2)18-10)15(20)17-12-6-4-3-5-7-12/h3-9H,1-2H3,(H,17,20). The molecule has 0 saturated carbocycles. The quantitative estimate of drug-likeness (QED) is 0.775. The van der Waals surface area contributed by atoms with Crippen LogP contribution in [0.2, 0.25) is 0 Å². The Morgan fingerprint density at radius 2 is 2.00 bits per heavy atom. The fourth-order valence-electron chi connectivity index (χ4n) is 2.16. The van der Waals surface area contributed by atoms with Crippen LogP contribution in [-0.2, 0) is 7.05 Å². The van der Waals surface area contributed by atoms with Crippen LogP contribution in [0.25, 0.3) is 11.0 Å². The van der Waals surface area contributed by atoms with Crippen molar-refractivity contribution in [2.45, 2.75) is 6.92 Å². The van der Waals surface area contributed by atoms with Crippen LogP contribution in [0, 0.1) is 6.92 Å². The minimum Gasteiger partial charge on any atom is -0.322 e. The highest BCUT2D eigenvalue weighted by molar-refractivity contribution is 6.05. The second kappa shape index (κ2) is 4.77. The predicted octanol–water partition coefficient (Wildman–Crippen LogP) is 2.53. The number of carbonyl (C=O) groups excluding carboxylic acids is 1. The van der Waals surface area contributed by atoms with Gasteiger partial charge in [-0.25, -0.2) is 4.98 Å². The van der Waals surface area contributed by atoms with E-state index in [2.05, 4.69) is 15.4 Å². The number of benzene rings is 1. The molecule has 5 heteroatoms. The lowest BCUT2D eigenvalue weighted by molar-refractivity contribution is 0.102. The molecule has 20 heavy (non-hydrogen) atoms. The summed E-state index contributed by atoms with van der Waals surface area (Å²) in [5.74, 6) is -0.172. The molecule has 1 N–H and O–H groups in total. The van der Waals surface area contributed by atoms with E-state index in [1.165, 1.54) is 0 Å². The summed E-state index contributed by atoms with van der Waals surface area (Å²) in [6, 6.07) is 11.2. The average molecular weight is 266 g/mol. The van der Waals surface area contributed by atoms with Gasteiger partial charge in [-0.2, -0.15) is 5.10 Å². The molecule has 0 aliphatic heterocycles. The van der Waals surface area contributed by atoms with Crippen LogP contribution < -0.4 is 5.32 Å². The third-order valence-electron chi connectivity index (χ3n) is 3.16. The van der Waals surface area contributed by atoms with Crippen molar-refractivity contribution in [3.8, 4) is 0 Å². The Labute approximate surface area is 116 Å². The molecular formula is C15H14N4O. The van der Waals surface area contributed by atoms with Crippen molar-refractivity contribution >= 4 is 22.6 Å². The zero-order valence-corrected chi connectivity index (χ0v) is 11.3. The van der Waals surface area contributed by atoms with Crippen molar-refractivity contribution in [2.24, 2.45) is 7.05 Å². The number of hydrogen-bond acceptors (Lipinski definition) is 3. The zero-order chi connectivity index (χ0) is 14.1. The Kier molecular flexibility index (Phi) is 2.95. The second-order valence-electron chi connectivity index (χ2n) is 4.62. The lowest BCUT2D eigenvalue weighted by Gasteiger charge is -2.04. The number of rotatable bonds is 2. The largest absolute Gasteiger partial charge is 0.322 e. The normalized spacial score (nSPS) is 10.7. The van der Waals surface area contributed by atoms with E-state index < -0.39 is 0 Å². The minimum atomic E-state index is -0.172. The Morgan fingerprint density at radius 1 is 1.25 bits per heavy atom. The number of nitrogens with zero attached hydrogens (tertiary/aromatic N) is 3. The summed E-state index contributed by atoms with van der Waals surface area (Å²) in [5, 5.41) is 8.04. The van der Waals surface area contributed by atoms with Gasteiger partial charge in [-0.3, -0.25) is 9.48 Å². The van der Waals surface area contributed by atoms with Crippen LogP contribution in [-0.4, -0.2) is 20.7 Å². The van der Waals surface area contributed by atoms with Gasteiger partial charge in [0.15, 0.2) is 5.65 Å². The van der Waals surface area contributed by atoms with E-state index in [4.69, 9.17) is 0 Å². The average Bonchev–Trinajstić information content (AvgIpc) is 2.75. The van der Waals surface area contributed by atoms with Crippen molar-refractivity contribution in [3.05, 3.63) is 53.9 Å². The molecule has 2 aromatic heterocycles. The topological polar surface area (TPSA) is 59.8 Å². The number of carbonyl (C=O) groups is 1. The van der Waals surface area contributed by atoms with Gasteiger partial charge in [0.1, 0.15) is 0 Å². The number of fused-ring (bicyclic) bond motifs is 1. The number of anilines is 1. The first kappa shape index (κ1) is 12.3. The molecule has 0 spiro atoms. The van der Waals surface area contributed by atoms with E-state index in [0.717, 1.165) is 22.4 Å². The third kappa shape index (κ3) is 2.14. The molecule has 5 nitrogen and oxygen atoms in total. The molecule has 2 heterocycles. The summed E-state index contributed by atoms with van der Waals surface area (Å²) >= 11 is 0. The second-order valence-corrected chi connectivity index (χ2v) is 4.62. The highest BCUT2D eigenvalue weighted by atomic mass is 16.1. The van der Waals surface area contributed by atoms with Gasteiger partial charge in [-0.15, -0.1) is 0 Å². The first-order chi connectivity index (χ1) is 9.65. The summed E-state index contributed by atoms with van der Waals surface area (Å²) in [7, 11) is 1.84. The Bertz CT molecular complexity index is 777. The van der Waals surface area contributed by atoms with E-state index in [9.17, 15) is 4.79 Å². The van der Waals surface area contributed by atoms with Crippen LogP contribution in [0.3, 0.4) is 0 Å². The maximum absolute atomic E-state index is 12.2. The van der Waals surface area contributed by atoms with Gasteiger partial charge in [0.2, 0.25) is 0 Å². The first-order valence-corrected chi connectivity index (χ1v) is 6.31. The van der Waals surface area contributed by atoms with Gasteiger partial charge in [0.25, 0.3) is 5.91 Å². The molecule has 3 aromatic rings. The molecule has 0 fully saturated rings. The first-order valence-electron chi connectivity index (χ1n) is 6.31. The smallest absolute Gasteiger partial charge is 0.257 e. The molecule has 0 atom stereocenters. The van der Waals surface area contributed by atoms with E-state index in [1.54, 1.807) is 10.9 Å². The Morgan fingerprint density at radius 3 is 2.75 bits per heavy atom. The number of amides is 1. The van der Waals surface area contributed by atoms with Crippen molar-refractivity contribution in [3.63, 3.8) is 0 Å². The van der Waals surface area contributed by atoms with Gasteiger partial charge in [-0.05, 0) is 25.1 Å². The molecule has 0 bridgehead atoms. The number of para-hydroxylation sites is 1. The monoisotopic (exact) mass is 266 g/mol. The Balaban J connectivity index is 1.94. The number of pyridine rings is 1. The van der Waals surface area contributed by atoms with E-state index >= 15 is 0 Å². The van der Waals surface area contributed by atoms with Crippen molar-refractivity contribution in [2.75, 3.05) is 5.32 Å². The molecule has 0 aliphatic carbocycles. The van der Waals surface area contributed by atoms with Crippen LogP contribution >= 0.6 is 0 Å². The molecule has 0 radical (unpaired) electrons. The SMILES string of the molecule is Cc1nn(C)c2ncc(C(=O)Nc3ccccc3)cc12. The number of aromatic nitrogens is 3. The van der Waals surface area contributed by atoms with Gasteiger partial charge >= 0.3 is 0 Å². The molecule has 100 valence electrons. The molecule has 0 unspecified atom stereocenters. The van der Waals surface area contributed by atoms with Crippen molar-refractivity contribution in [1.82, 2.24) is 14.8 Å². The van der Waals surface area contributed by atoms with Crippen LogP contribution in [0.15, 0.2) is 42.6 Å². The maximum Gasteiger partial charge on any atom is 0.257 e. The zero-order valence-electron chi connectivity index (χ0n) is 11.3. The van der Waals surface area contributed by atoms with Crippen LogP contribution in [0.4, 0.5) is 5.69 Å². The number of hydrogen-bond donors (Lipinski definition) is 1. The summed E-state index contributed by atoms with van der Waals surface area (Å²) < 4.78 is 1.71. The summed E-state index contributed by atoms with van der Waals surface area (Å²) in [4.78, 5) is 16.5. The van der Waals surface area contributed by atoms with E-state index in [-0.39, 0.29) is 5.91 Å². The van der Waals surface area contributed by atoms with Crippen LogP contribution in [0.1, 0.15) is 16.1 Å². The van der Waals surface area contributed by atoms with Crippen molar-refractivity contribution in [1.29, 1.82) is 0 Å². The van der Waals surface area contributed by atoms with Gasteiger partial charge in [0.05, 0.1) is 11.3 Å². The summed E-state index contributed by atoms with van der Waals surface area (Å²) in [5.41, 5.74) is 2.93. The van der Waals surface area contributed by atoms with E-state index in [0.29, 0.717) is 5.56 Å². The third-order valence-corrected chi connectivity index (χ3v) is 3.16. The van der Waals surface area contributed by atoms with E-state index in [1.807, 2.05) is 50.4 Å². The maximum atomic E-state index is 12.2.